The molecule has 0 bridgehead atoms. The Morgan fingerprint density at radius 1 is 0.288 bits per heavy atom. The number of hydrogen-bond donors (Lipinski definition) is 0. The highest BCUT2D eigenvalue weighted by molar-refractivity contribution is 5.70. The molecule has 0 aliphatic heterocycles. The lowest BCUT2D eigenvalue weighted by atomic mass is 9.99. The first-order valence-electron chi connectivity index (χ1n) is 24.8. The average Bonchev–Trinajstić information content (AvgIpc) is 3.22. The molecule has 382 valence electrons. The fourth-order valence-corrected chi connectivity index (χ4v) is 7.91. The van der Waals surface area contributed by atoms with Gasteiger partial charge in [-0.2, -0.15) is 0 Å². The molecule has 0 radical (unpaired) electrons. The second-order valence-electron chi connectivity index (χ2n) is 17.3. The lowest BCUT2D eigenvalue weighted by Crippen LogP contribution is -2.24. The second kappa shape index (κ2) is 39.9. The van der Waals surface area contributed by atoms with E-state index in [9.17, 15) is 38.4 Å². The number of unbranched alkanes of at least 4 members (excludes halogenated alkanes) is 8. The Labute approximate surface area is 395 Å². The van der Waals surface area contributed by atoms with E-state index in [0.717, 1.165) is 77.0 Å². The Hall–Kier alpha value is -4.24. The van der Waals surface area contributed by atoms with Crippen LogP contribution in [0, 0.1) is 0 Å². The molecule has 0 aromatic rings. The largest absolute Gasteiger partial charge is 0.463 e. The van der Waals surface area contributed by atoms with E-state index in [1.54, 1.807) is 0 Å². The Morgan fingerprint density at radius 2 is 0.500 bits per heavy atom. The van der Waals surface area contributed by atoms with Gasteiger partial charge in [0.05, 0.1) is 0 Å². The predicted molar refractivity (Wildman–Crippen MR) is 247 cm³/mol. The lowest BCUT2D eigenvalue weighted by Gasteiger charge is -2.23. The maximum atomic E-state index is 12.2. The number of rotatable bonds is 41. The van der Waals surface area contributed by atoms with Gasteiger partial charge in [-0.25, -0.2) is 0 Å². The molecule has 0 aliphatic rings. The van der Waals surface area contributed by atoms with Gasteiger partial charge in [-0.3, -0.25) is 38.4 Å². The van der Waals surface area contributed by atoms with Crippen LogP contribution in [0.2, 0.25) is 0 Å². The molecule has 16 nitrogen and oxygen atoms in total. The molecule has 16 heteroatoms. The van der Waals surface area contributed by atoms with Gasteiger partial charge in [-0.1, -0.05) is 65.2 Å². The van der Waals surface area contributed by atoms with Crippen molar-refractivity contribution < 1.29 is 76.3 Å². The van der Waals surface area contributed by atoms with Crippen LogP contribution >= 0.6 is 0 Å². The van der Waals surface area contributed by atoms with Crippen LogP contribution in [0.5, 0.6) is 0 Å². The second-order valence-corrected chi connectivity index (χ2v) is 17.3. The molecule has 0 amide bonds. The van der Waals surface area contributed by atoms with Gasteiger partial charge in [0, 0.05) is 54.4 Å². The van der Waals surface area contributed by atoms with Gasteiger partial charge in [0.15, 0.2) is 0 Å². The molecule has 0 N–H and O–H groups in total. The minimum absolute atomic E-state index is 0.00468. The Kier molecular flexibility index (Phi) is 37.3. The number of hydrogen-bond acceptors (Lipinski definition) is 16. The maximum Gasteiger partial charge on any atom is 0.305 e. The fraction of sp³-hybridized carbons (Fsp3) is 0.840. The summed E-state index contributed by atoms with van der Waals surface area (Å²) in [4.78, 5) is 94.5. The predicted octanol–water partition coefficient (Wildman–Crippen LogP) is 9.85. The first-order valence-corrected chi connectivity index (χ1v) is 24.8. The van der Waals surface area contributed by atoms with Crippen molar-refractivity contribution in [3.8, 4) is 0 Å². The smallest absolute Gasteiger partial charge is 0.305 e. The Balaban J connectivity index is 4.31. The number of esters is 8. The molecule has 6 atom stereocenters. The zero-order valence-electron chi connectivity index (χ0n) is 41.8. The van der Waals surface area contributed by atoms with Crippen LogP contribution in [0.4, 0.5) is 0 Å². The van der Waals surface area contributed by atoms with Crippen molar-refractivity contribution in [2.75, 3.05) is 13.2 Å². The number of carbonyl (C=O) groups is 8. The molecular formula is C50H86O16. The molecule has 0 saturated heterocycles. The summed E-state index contributed by atoms with van der Waals surface area (Å²) in [5.74, 6) is -2.84. The van der Waals surface area contributed by atoms with Gasteiger partial charge >= 0.3 is 47.8 Å². The third-order valence-electron chi connectivity index (χ3n) is 10.9. The van der Waals surface area contributed by atoms with Crippen molar-refractivity contribution in [2.45, 2.75) is 259 Å². The zero-order valence-corrected chi connectivity index (χ0v) is 41.8. The molecule has 0 saturated carbocycles. The van der Waals surface area contributed by atoms with Crippen LogP contribution in [0.1, 0.15) is 222 Å². The summed E-state index contributed by atoms with van der Waals surface area (Å²) in [5.41, 5.74) is 0. The van der Waals surface area contributed by atoms with Gasteiger partial charge in [0.25, 0.3) is 0 Å². The van der Waals surface area contributed by atoms with E-state index in [1.165, 1.54) is 41.5 Å². The normalized spacial score (nSPS) is 13.8. The highest BCUT2D eigenvalue weighted by Gasteiger charge is 2.23. The van der Waals surface area contributed by atoms with E-state index in [2.05, 4.69) is 0 Å². The van der Waals surface area contributed by atoms with E-state index in [-0.39, 0.29) is 110 Å². The molecule has 66 heavy (non-hydrogen) atoms. The van der Waals surface area contributed by atoms with Gasteiger partial charge in [-0.05, 0) is 103 Å². The summed E-state index contributed by atoms with van der Waals surface area (Å²) in [6.07, 6.45) is 15.9. The average molecular weight is 943 g/mol. The Bertz CT molecular complexity index is 1280. The van der Waals surface area contributed by atoms with E-state index in [1.807, 2.05) is 13.8 Å². The molecule has 0 fully saturated rings. The molecule has 0 aliphatic carbocycles. The number of carbonyl (C=O) groups excluding carboxylic acids is 8. The fourth-order valence-electron chi connectivity index (χ4n) is 7.91. The van der Waals surface area contributed by atoms with Gasteiger partial charge in [0.2, 0.25) is 0 Å². The monoisotopic (exact) mass is 943 g/mol. The van der Waals surface area contributed by atoms with E-state index >= 15 is 0 Å². The Morgan fingerprint density at radius 3 is 0.742 bits per heavy atom. The number of ether oxygens (including phenoxy) is 8. The molecular weight excluding hydrogens is 857 g/mol. The minimum atomic E-state index is -0.385. The van der Waals surface area contributed by atoms with Crippen molar-refractivity contribution in [1.29, 1.82) is 0 Å². The van der Waals surface area contributed by atoms with Crippen molar-refractivity contribution in [3.05, 3.63) is 0 Å². The van der Waals surface area contributed by atoms with Crippen molar-refractivity contribution in [3.63, 3.8) is 0 Å². The maximum absolute atomic E-state index is 12.2. The van der Waals surface area contributed by atoms with Crippen LogP contribution in [0.3, 0.4) is 0 Å². The first-order chi connectivity index (χ1) is 31.4. The van der Waals surface area contributed by atoms with Crippen molar-refractivity contribution >= 4 is 47.8 Å². The van der Waals surface area contributed by atoms with Crippen LogP contribution in [-0.4, -0.2) is 97.6 Å². The third-order valence-corrected chi connectivity index (χ3v) is 10.9. The summed E-state index contributed by atoms with van der Waals surface area (Å²) in [6, 6.07) is 0. The van der Waals surface area contributed by atoms with Crippen LogP contribution in [0.25, 0.3) is 0 Å². The quantitative estimate of drug-likeness (QED) is 0.0317. The molecule has 0 aromatic carbocycles. The van der Waals surface area contributed by atoms with Crippen molar-refractivity contribution in [2.24, 2.45) is 0 Å². The topological polar surface area (TPSA) is 210 Å². The van der Waals surface area contributed by atoms with E-state index in [4.69, 9.17) is 37.9 Å². The summed E-state index contributed by atoms with van der Waals surface area (Å²) in [5, 5.41) is 0. The summed E-state index contributed by atoms with van der Waals surface area (Å²) in [6.45, 7) is 12.3. The van der Waals surface area contributed by atoms with Crippen LogP contribution in [0.15, 0.2) is 0 Å². The zero-order chi connectivity index (χ0) is 49.5. The molecule has 0 aromatic heterocycles. The summed E-state index contributed by atoms with van der Waals surface area (Å²) in [7, 11) is 0. The summed E-state index contributed by atoms with van der Waals surface area (Å²) >= 11 is 0. The lowest BCUT2D eigenvalue weighted by molar-refractivity contribution is -0.152. The van der Waals surface area contributed by atoms with Gasteiger partial charge < -0.3 is 37.9 Å². The molecule has 0 spiro atoms. The minimum Gasteiger partial charge on any atom is -0.463 e. The van der Waals surface area contributed by atoms with E-state index < -0.39 is 0 Å². The molecule has 0 rings (SSSR count). The molecule has 0 heterocycles. The highest BCUT2D eigenvalue weighted by atomic mass is 16.6. The first kappa shape index (κ1) is 61.8. The van der Waals surface area contributed by atoms with Gasteiger partial charge in [-0.15, -0.1) is 0 Å². The molecule has 6 unspecified atom stereocenters. The third kappa shape index (κ3) is 39.0. The SMILES string of the molecule is CCCC(CCC(CCC(CCCCCCCC(=O)OCCOC(=O)CCCCCCCC(CCC(CCC(CCC)OC(C)=O)OC(C)=O)OC(C)=O)OC(C)=O)OC(C)=O)OC(C)=O. The van der Waals surface area contributed by atoms with Gasteiger partial charge in [0.1, 0.15) is 49.8 Å². The van der Waals surface area contributed by atoms with E-state index in [0.29, 0.717) is 77.0 Å². The van der Waals surface area contributed by atoms with Crippen LogP contribution < -0.4 is 0 Å². The van der Waals surface area contributed by atoms with Crippen molar-refractivity contribution in [1.82, 2.24) is 0 Å². The highest BCUT2D eigenvalue weighted by Crippen LogP contribution is 2.23. The van der Waals surface area contributed by atoms with Crippen LogP contribution in [-0.2, 0) is 76.3 Å². The summed E-state index contributed by atoms with van der Waals surface area (Å²) < 4.78 is 43.5. The standard InChI is InChI=1S/C50H86O16/c1-9-21-43(61-37(3)51)27-31-47(65-41(7)55)33-29-45(63-39(5)53)23-17-13-11-15-19-25-49(57)59-35-36-60-50(58)26-20-16-12-14-18-24-46(64-40(6)54)30-34-48(66-42(8)56)32-28-44(22-10-2)62-38(4)52/h43-48H,9-36H2,1-8H3.